The molecule has 1 saturated heterocycles. The standard InChI is InChI=1S/C22H25N5O2/c1-28-20-9-5-2-6-17(20)15-23-21-14-22(25-16-24-21)26-18-7-3-4-8-19(18)27-10-12-29-13-11-27/h2-9,14,16H,10-13,15H2,1H3,(H2,23,24,25,26). The number of anilines is 4. The summed E-state index contributed by atoms with van der Waals surface area (Å²) in [5, 5.41) is 6.77. The third-order valence-electron chi connectivity index (χ3n) is 4.84. The van der Waals surface area contributed by atoms with E-state index >= 15 is 0 Å². The molecular weight excluding hydrogens is 366 g/mol. The number of ether oxygens (including phenoxy) is 2. The maximum atomic E-state index is 5.48. The second-order valence-corrected chi connectivity index (χ2v) is 6.70. The highest BCUT2D eigenvalue weighted by Gasteiger charge is 2.15. The van der Waals surface area contributed by atoms with E-state index in [1.54, 1.807) is 13.4 Å². The van der Waals surface area contributed by atoms with E-state index in [1.165, 1.54) is 0 Å². The summed E-state index contributed by atoms with van der Waals surface area (Å²) < 4.78 is 10.9. The van der Waals surface area contributed by atoms with Gasteiger partial charge in [0.2, 0.25) is 0 Å². The molecule has 29 heavy (non-hydrogen) atoms. The zero-order valence-corrected chi connectivity index (χ0v) is 16.5. The zero-order valence-electron chi connectivity index (χ0n) is 16.5. The third kappa shape index (κ3) is 4.75. The van der Waals surface area contributed by atoms with Crippen molar-refractivity contribution in [2.45, 2.75) is 6.54 Å². The van der Waals surface area contributed by atoms with Crippen molar-refractivity contribution in [3.05, 3.63) is 66.5 Å². The van der Waals surface area contributed by atoms with Gasteiger partial charge in [-0.1, -0.05) is 30.3 Å². The number of rotatable bonds is 7. The maximum Gasteiger partial charge on any atom is 0.135 e. The fraction of sp³-hybridized carbons (Fsp3) is 0.273. The normalized spacial score (nSPS) is 13.8. The first-order valence-electron chi connectivity index (χ1n) is 9.70. The zero-order chi connectivity index (χ0) is 19.9. The molecule has 2 N–H and O–H groups in total. The van der Waals surface area contributed by atoms with Gasteiger partial charge in [-0.3, -0.25) is 0 Å². The van der Waals surface area contributed by atoms with Gasteiger partial charge in [0.05, 0.1) is 31.7 Å². The molecular formula is C22H25N5O2. The van der Waals surface area contributed by atoms with Crippen LogP contribution in [0.25, 0.3) is 0 Å². The average molecular weight is 391 g/mol. The molecule has 0 unspecified atom stereocenters. The van der Waals surface area contributed by atoms with Gasteiger partial charge in [-0.25, -0.2) is 9.97 Å². The van der Waals surface area contributed by atoms with Crippen LogP contribution >= 0.6 is 0 Å². The molecule has 7 nitrogen and oxygen atoms in total. The first-order valence-corrected chi connectivity index (χ1v) is 9.70. The van der Waals surface area contributed by atoms with Crippen molar-refractivity contribution in [1.82, 2.24) is 9.97 Å². The molecule has 7 heteroatoms. The minimum absolute atomic E-state index is 0.616. The van der Waals surface area contributed by atoms with Crippen LogP contribution in [-0.2, 0) is 11.3 Å². The molecule has 0 radical (unpaired) electrons. The Morgan fingerprint density at radius 2 is 1.76 bits per heavy atom. The van der Waals surface area contributed by atoms with E-state index < -0.39 is 0 Å². The van der Waals surface area contributed by atoms with Gasteiger partial charge in [0.1, 0.15) is 23.7 Å². The highest BCUT2D eigenvalue weighted by molar-refractivity contribution is 5.74. The largest absolute Gasteiger partial charge is 0.496 e. The highest BCUT2D eigenvalue weighted by atomic mass is 16.5. The Hall–Kier alpha value is -3.32. The average Bonchev–Trinajstić information content (AvgIpc) is 2.79. The van der Waals surface area contributed by atoms with Gasteiger partial charge in [0.25, 0.3) is 0 Å². The number of morpholine rings is 1. The van der Waals surface area contributed by atoms with Crippen molar-refractivity contribution in [3.63, 3.8) is 0 Å². The van der Waals surface area contributed by atoms with Crippen LogP contribution in [0.3, 0.4) is 0 Å². The minimum Gasteiger partial charge on any atom is -0.496 e. The Kier molecular flexibility index (Phi) is 6.07. The number of methoxy groups -OCH3 is 1. The molecule has 2 aromatic carbocycles. The van der Waals surface area contributed by atoms with Crippen molar-refractivity contribution in [2.24, 2.45) is 0 Å². The number of para-hydroxylation sites is 3. The van der Waals surface area contributed by atoms with E-state index in [1.807, 2.05) is 36.4 Å². The number of hydrogen-bond donors (Lipinski definition) is 2. The summed E-state index contributed by atoms with van der Waals surface area (Å²) in [4.78, 5) is 11.0. The Morgan fingerprint density at radius 1 is 1.00 bits per heavy atom. The molecule has 1 aliphatic rings. The number of nitrogens with one attached hydrogen (secondary N) is 2. The quantitative estimate of drug-likeness (QED) is 0.637. The molecule has 2 heterocycles. The van der Waals surface area contributed by atoms with E-state index in [2.05, 4.69) is 43.7 Å². The summed E-state index contributed by atoms with van der Waals surface area (Å²) in [5.74, 6) is 2.34. The van der Waals surface area contributed by atoms with Gasteiger partial charge in [0.15, 0.2) is 0 Å². The summed E-state index contributed by atoms with van der Waals surface area (Å²) >= 11 is 0. The summed E-state index contributed by atoms with van der Waals surface area (Å²) in [6.07, 6.45) is 1.56. The number of benzene rings is 2. The summed E-state index contributed by atoms with van der Waals surface area (Å²) in [5.41, 5.74) is 3.24. The fourth-order valence-corrected chi connectivity index (χ4v) is 3.35. The Labute approximate surface area is 170 Å². The van der Waals surface area contributed by atoms with Gasteiger partial charge in [-0.05, 0) is 18.2 Å². The molecule has 0 amide bonds. The predicted molar refractivity (Wildman–Crippen MR) is 115 cm³/mol. The Balaban J connectivity index is 1.47. The van der Waals surface area contributed by atoms with E-state index in [9.17, 15) is 0 Å². The van der Waals surface area contributed by atoms with Gasteiger partial charge in [-0.15, -0.1) is 0 Å². The van der Waals surface area contributed by atoms with E-state index in [-0.39, 0.29) is 0 Å². The minimum atomic E-state index is 0.616. The van der Waals surface area contributed by atoms with Crippen LogP contribution in [0, 0.1) is 0 Å². The number of aromatic nitrogens is 2. The molecule has 1 aromatic heterocycles. The van der Waals surface area contributed by atoms with Gasteiger partial charge < -0.3 is 25.0 Å². The lowest BCUT2D eigenvalue weighted by Crippen LogP contribution is -2.36. The van der Waals surface area contributed by atoms with Gasteiger partial charge >= 0.3 is 0 Å². The molecule has 0 aliphatic carbocycles. The lowest BCUT2D eigenvalue weighted by atomic mass is 10.2. The molecule has 150 valence electrons. The van der Waals surface area contributed by atoms with Crippen LogP contribution in [-0.4, -0.2) is 43.4 Å². The Morgan fingerprint density at radius 3 is 2.62 bits per heavy atom. The molecule has 0 saturated carbocycles. The smallest absolute Gasteiger partial charge is 0.135 e. The van der Waals surface area contributed by atoms with Crippen molar-refractivity contribution < 1.29 is 9.47 Å². The van der Waals surface area contributed by atoms with Crippen LogP contribution in [0.2, 0.25) is 0 Å². The number of hydrogen-bond acceptors (Lipinski definition) is 7. The third-order valence-corrected chi connectivity index (χ3v) is 4.84. The Bertz CT molecular complexity index is 944. The molecule has 1 fully saturated rings. The maximum absolute atomic E-state index is 5.48. The molecule has 0 bridgehead atoms. The molecule has 1 aliphatic heterocycles. The van der Waals surface area contributed by atoms with Crippen LogP contribution in [0.5, 0.6) is 5.75 Å². The topological polar surface area (TPSA) is 71.5 Å². The van der Waals surface area contributed by atoms with Crippen molar-refractivity contribution in [2.75, 3.05) is 48.9 Å². The predicted octanol–water partition coefficient (Wildman–Crippen LogP) is 3.68. The van der Waals surface area contributed by atoms with Crippen LogP contribution in [0.15, 0.2) is 60.9 Å². The van der Waals surface area contributed by atoms with Crippen LogP contribution < -0.4 is 20.3 Å². The van der Waals surface area contributed by atoms with E-state index in [0.29, 0.717) is 6.54 Å². The first-order chi connectivity index (χ1) is 14.3. The summed E-state index contributed by atoms with van der Waals surface area (Å²) in [7, 11) is 1.68. The monoisotopic (exact) mass is 391 g/mol. The van der Waals surface area contributed by atoms with Gasteiger partial charge in [-0.2, -0.15) is 0 Å². The molecule has 3 aromatic rings. The van der Waals surface area contributed by atoms with Crippen molar-refractivity contribution >= 4 is 23.0 Å². The summed E-state index contributed by atoms with van der Waals surface area (Å²) in [6.45, 7) is 3.88. The van der Waals surface area contributed by atoms with Crippen molar-refractivity contribution in [3.8, 4) is 5.75 Å². The first kappa shape index (κ1) is 19.0. The van der Waals surface area contributed by atoms with Crippen molar-refractivity contribution in [1.29, 1.82) is 0 Å². The second-order valence-electron chi connectivity index (χ2n) is 6.70. The molecule has 4 rings (SSSR count). The second kappa shape index (κ2) is 9.25. The van der Waals surface area contributed by atoms with E-state index in [4.69, 9.17) is 9.47 Å². The molecule has 0 atom stereocenters. The lowest BCUT2D eigenvalue weighted by Gasteiger charge is -2.30. The van der Waals surface area contributed by atoms with Crippen LogP contribution in [0.4, 0.5) is 23.0 Å². The van der Waals surface area contributed by atoms with Crippen LogP contribution in [0.1, 0.15) is 5.56 Å². The van der Waals surface area contributed by atoms with Gasteiger partial charge in [0, 0.05) is 31.3 Å². The van der Waals surface area contributed by atoms with E-state index in [0.717, 1.165) is 60.6 Å². The summed E-state index contributed by atoms with van der Waals surface area (Å²) in [6, 6.07) is 18.1. The highest BCUT2D eigenvalue weighted by Crippen LogP contribution is 2.29. The fourth-order valence-electron chi connectivity index (χ4n) is 3.35. The lowest BCUT2D eigenvalue weighted by molar-refractivity contribution is 0.123. The number of nitrogens with zero attached hydrogens (tertiary/aromatic N) is 3. The molecule has 0 spiro atoms. The SMILES string of the molecule is COc1ccccc1CNc1cc(Nc2ccccc2N2CCOCC2)ncn1.